The van der Waals surface area contributed by atoms with E-state index >= 15 is 0 Å². The third-order valence-corrected chi connectivity index (χ3v) is 4.34. The summed E-state index contributed by atoms with van der Waals surface area (Å²) in [6.45, 7) is 1.52. The van der Waals surface area contributed by atoms with Crippen molar-refractivity contribution in [1.29, 1.82) is 0 Å². The Morgan fingerprint density at radius 1 is 1.47 bits per heavy atom. The van der Waals surface area contributed by atoms with Crippen LogP contribution in [0.5, 0.6) is 5.75 Å². The van der Waals surface area contributed by atoms with Gasteiger partial charge in [0.25, 0.3) is 0 Å². The monoisotopic (exact) mass is 285 g/mol. The Hall–Kier alpha value is -0.780. The Morgan fingerprint density at radius 3 is 3.05 bits per heavy atom. The van der Waals surface area contributed by atoms with Crippen LogP contribution in [0.1, 0.15) is 6.42 Å². The number of hydrogen-bond donors (Lipinski definition) is 2. The molecule has 5 heteroatoms. The fourth-order valence-electron chi connectivity index (χ4n) is 2.01. The number of hydrogen-bond acceptors (Lipinski definition) is 4. The fourth-order valence-corrected chi connectivity index (χ4v) is 3.29. The van der Waals surface area contributed by atoms with E-state index in [0.717, 1.165) is 6.54 Å². The smallest absolute Gasteiger partial charge is 0.165 e. The molecule has 1 aromatic rings. The molecule has 0 radical (unpaired) electrons. The maximum Gasteiger partial charge on any atom is 0.165 e. The van der Waals surface area contributed by atoms with Crippen LogP contribution in [0.3, 0.4) is 0 Å². The molecule has 2 N–H and O–H groups in total. The topological polar surface area (TPSA) is 41.5 Å². The molecule has 0 aromatic heterocycles. The number of thioether (sulfide) groups is 1. The predicted molar refractivity (Wildman–Crippen MR) is 76.2 cm³/mol. The van der Waals surface area contributed by atoms with Crippen molar-refractivity contribution < 1.29 is 14.2 Å². The second-order valence-corrected chi connectivity index (χ2v) is 5.93. The molecule has 0 bridgehead atoms. The van der Waals surface area contributed by atoms with Crippen molar-refractivity contribution in [1.82, 2.24) is 5.32 Å². The Balaban J connectivity index is 1.61. The second-order valence-electron chi connectivity index (χ2n) is 4.78. The molecule has 0 saturated carbocycles. The number of para-hydroxylation sites is 1. The van der Waals surface area contributed by atoms with Crippen LogP contribution in [0.2, 0.25) is 0 Å². The van der Waals surface area contributed by atoms with Crippen molar-refractivity contribution in [3.05, 3.63) is 30.1 Å². The van der Waals surface area contributed by atoms with Crippen molar-refractivity contribution >= 4 is 11.8 Å². The minimum absolute atomic E-state index is 0.105. The van der Waals surface area contributed by atoms with E-state index in [4.69, 9.17) is 4.74 Å². The number of halogens is 1. The lowest BCUT2D eigenvalue weighted by Gasteiger charge is -2.15. The predicted octanol–water partition coefficient (Wildman–Crippen LogP) is 1.91. The van der Waals surface area contributed by atoms with Gasteiger partial charge in [-0.05, 0) is 42.5 Å². The Labute approximate surface area is 117 Å². The number of ether oxygens (including phenoxy) is 1. The molecule has 0 amide bonds. The summed E-state index contributed by atoms with van der Waals surface area (Å²) in [5.74, 6) is 2.95. The molecule has 0 spiro atoms. The number of aliphatic hydroxyl groups is 1. The summed E-state index contributed by atoms with van der Waals surface area (Å²) in [4.78, 5) is 0. The van der Waals surface area contributed by atoms with Gasteiger partial charge in [-0.1, -0.05) is 12.1 Å². The average molecular weight is 285 g/mol. The standard InChI is InChI=1S/C14H20FNO2S/c15-13-3-1-2-4-14(13)18-9-12(17)8-16-7-11-5-6-19-10-11/h1-4,11-12,16-17H,5-10H2. The van der Waals surface area contributed by atoms with Crippen LogP contribution in [0.15, 0.2) is 24.3 Å². The first-order valence-corrected chi connectivity index (χ1v) is 7.75. The lowest BCUT2D eigenvalue weighted by Crippen LogP contribution is -2.34. The molecule has 19 heavy (non-hydrogen) atoms. The zero-order valence-corrected chi connectivity index (χ0v) is 11.7. The lowest BCUT2D eigenvalue weighted by atomic mass is 10.1. The van der Waals surface area contributed by atoms with E-state index in [9.17, 15) is 9.50 Å². The van der Waals surface area contributed by atoms with Crippen LogP contribution in [0.25, 0.3) is 0 Å². The van der Waals surface area contributed by atoms with Crippen molar-refractivity contribution in [3.8, 4) is 5.75 Å². The summed E-state index contributed by atoms with van der Waals surface area (Å²) in [5.41, 5.74) is 0. The van der Waals surface area contributed by atoms with Crippen molar-refractivity contribution in [2.24, 2.45) is 5.92 Å². The molecule has 1 aromatic carbocycles. The van der Waals surface area contributed by atoms with Gasteiger partial charge < -0.3 is 15.2 Å². The molecule has 106 valence electrons. The molecule has 3 nitrogen and oxygen atoms in total. The van der Waals surface area contributed by atoms with Crippen LogP contribution in [-0.4, -0.2) is 42.4 Å². The largest absolute Gasteiger partial charge is 0.488 e. The van der Waals surface area contributed by atoms with Crippen LogP contribution < -0.4 is 10.1 Å². The maximum atomic E-state index is 13.3. The molecule has 1 saturated heterocycles. The Bertz CT molecular complexity index is 385. The number of aliphatic hydroxyl groups excluding tert-OH is 1. The second kappa shape index (κ2) is 7.72. The van der Waals surface area contributed by atoms with Crippen LogP contribution >= 0.6 is 11.8 Å². The first kappa shape index (κ1) is 14.6. The third-order valence-electron chi connectivity index (χ3n) is 3.10. The number of benzene rings is 1. The Kier molecular flexibility index (Phi) is 5.94. The van der Waals surface area contributed by atoms with Crippen molar-refractivity contribution in [2.75, 3.05) is 31.2 Å². The Morgan fingerprint density at radius 2 is 2.32 bits per heavy atom. The highest BCUT2D eigenvalue weighted by Crippen LogP contribution is 2.22. The van der Waals surface area contributed by atoms with E-state index in [0.29, 0.717) is 12.5 Å². The van der Waals surface area contributed by atoms with E-state index in [2.05, 4.69) is 5.32 Å². The number of rotatable bonds is 7. The van der Waals surface area contributed by atoms with Gasteiger partial charge in [-0.25, -0.2) is 4.39 Å². The molecule has 2 unspecified atom stereocenters. The molecule has 2 rings (SSSR count). The summed E-state index contributed by atoms with van der Waals surface area (Å²) in [6, 6.07) is 6.23. The molecule has 1 aliphatic rings. The molecular weight excluding hydrogens is 265 g/mol. The van der Waals surface area contributed by atoms with Gasteiger partial charge >= 0.3 is 0 Å². The third kappa shape index (κ3) is 5.01. The highest BCUT2D eigenvalue weighted by molar-refractivity contribution is 7.99. The average Bonchev–Trinajstić information content (AvgIpc) is 2.91. The fraction of sp³-hybridized carbons (Fsp3) is 0.571. The van der Waals surface area contributed by atoms with Gasteiger partial charge in [0.1, 0.15) is 12.7 Å². The van der Waals surface area contributed by atoms with Gasteiger partial charge in [0.15, 0.2) is 11.6 Å². The quantitative estimate of drug-likeness (QED) is 0.803. The minimum atomic E-state index is -0.617. The highest BCUT2D eigenvalue weighted by Gasteiger charge is 2.15. The van der Waals surface area contributed by atoms with Gasteiger partial charge in [-0.3, -0.25) is 0 Å². The van der Waals surface area contributed by atoms with E-state index in [-0.39, 0.29) is 12.4 Å². The molecule has 1 heterocycles. The lowest BCUT2D eigenvalue weighted by molar-refractivity contribution is 0.103. The highest BCUT2D eigenvalue weighted by atomic mass is 32.2. The number of nitrogens with one attached hydrogen (secondary N) is 1. The van der Waals surface area contributed by atoms with Gasteiger partial charge in [0.05, 0.1) is 0 Å². The van der Waals surface area contributed by atoms with E-state index in [1.165, 1.54) is 24.0 Å². The summed E-state index contributed by atoms with van der Waals surface area (Å²) in [7, 11) is 0. The molecule has 2 atom stereocenters. The first-order chi connectivity index (χ1) is 9.25. The van der Waals surface area contributed by atoms with Gasteiger partial charge in [-0.2, -0.15) is 11.8 Å². The van der Waals surface area contributed by atoms with Gasteiger partial charge in [-0.15, -0.1) is 0 Å². The summed E-state index contributed by atoms with van der Waals surface area (Å²) < 4.78 is 18.5. The summed E-state index contributed by atoms with van der Waals surface area (Å²) in [5, 5.41) is 13.0. The molecule has 1 fully saturated rings. The minimum Gasteiger partial charge on any atom is -0.488 e. The zero-order chi connectivity index (χ0) is 13.5. The maximum absolute atomic E-state index is 13.3. The molecular formula is C14H20FNO2S. The van der Waals surface area contributed by atoms with Crippen LogP contribution in [0, 0.1) is 11.7 Å². The van der Waals surface area contributed by atoms with E-state index < -0.39 is 11.9 Å². The normalized spacial score (nSPS) is 20.4. The van der Waals surface area contributed by atoms with E-state index in [1.807, 2.05) is 11.8 Å². The van der Waals surface area contributed by atoms with Gasteiger partial charge in [0.2, 0.25) is 0 Å². The van der Waals surface area contributed by atoms with Crippen molar-refractivity contribution in [3.63, 3.8) is 0 Å². The summed E-state index contributed by atoms with van der Waals surface area (Å²) >= 11 is 1.98. The van der Waals surface area contributed by atoms with Crippen molar-refractivity contribution in [2.45, 2.75) is 12.5 Å². The van der Waals surface area contributed by atoms with Crippen LogP contribution in [0.4, 0.5) is 4.39 Å². The van der Waals surface area contributed by atoms with Gasteiger partial charge in [0, 0.05) is 6.54 Å². The molecule has 0 aliphatic carbocycles. The first-order valence-electron chi connectivity index (χ1n) is 6.59. The summed E-state index contributed by atoms with van der Waals surface area (Å²) in [6.07, 6.45) is 0.633. The SMILES string of the molecule is OC(CNCC1CCSC1)COc1ccccc1F. The molecule has 1 aliphatic heterocycles. The van der Waals surface area contributed by atoms with E-state index in [1.54, 1.807) is 18.2 Å². The van der Waals surface area contributed by atoms with Crippen LogP contribution in [-0.2, 0) is 0 Å². The zero-order valence-electron chi connectivity index (χ0n) is 10.8.